The second-order valence-corrected chi connectivity index (χ2v) is 6.49. The second kappa shape index (κ2) is 6.86. The highest BCUT2D eigenvalue weighted by molar-refractivity contribution is 7.86. The van der Waals surface area contributed by atoms with Crippen LogP contribution in [-0.2, 0) is 28.5 Å². The summed E-state index contributed by atoms with van der Waals surface area (Å²) in [7, 11) is -3.69. The summed E-state index contributed by atoms with van der Waals surface area (Å²) in [5.41, 5.74) is 0. The molecule has 0 saturated carbocycles. The summed E-state index contributed by atoms with van der Waals surface area (Å²) in [6.07, 6.45) is 3.35. The van der Waals surface area contributed by atoms with Crippen LogP contribution in [0.5, 0.6) is 0 Å². The van der Waals surface area contributed by atoms with Gasteiger partial charge in [0, 0.05) is 6.61 Å². The molecule has 2 aliphatic rings. The van der Waals surface area contributed by atoms with Gasteiger partial charge in [0.05, 0.1) is 19.1 Å². The van der Waals surface area contributed by atoms with E-state index in [1.165, 1.54) is 12.3 Å². The van der Waals surface area contributed by atoms with Crippen LogP contribution in [-0.4, -0.2) is 57.6 Å². The van der Waals surface area contributed by atoms with E-state index >= 15 is 0 Å². The van der Waals surface area contributed by atoms with Gasteiger partial charge in [-0.1, -0.05) is 0 Å². The average molecular weight is 308 g/mol. The molecule has 1 saturated heterocycles. The highest BCUT2D eigenvalue weighted by atomic mass is 32.2. The molecule has 0 amide bonds. The number of hydrogen-bond donors (Lipinski definition) is 1. The monoisotopic (exact) mass is 308 g/mol. The van der Waals surface area contributed by atoms with E-state index in [9.17, 15) is 13.5 Å². The van der Waals surface area contributed by atoms with E-state index in [0.29, 0.717) is 6.61 Å². The van der Waals surface area contributed by atoms with Gasteiger partial charge in [0.1, 0.15) is 12.2 Å². The lowest BCUT2D eigenvalue weighted by atomic mass is 10.1. The maximum atomic E-state index is 11.2. The van der Waals surface area contributed by atoms with E-state index in [-0.39, 0.29) is 12.9 Å². The third-order valence-corrected chi connectivity index (χ3v) is 3.67. The Morgan fingerprint density at radius 1 is 1.40 bits per heavy atom. The molecule has 0 aromatic carbocycles. The molecule has 1 N–H and O–H groups in total. The van der Waals surface area contributed by atoms with Gasteiger partial charge in [-0.15, -0.1) is 0 Å². The molecule has 1 fully saturated rings. The van der Waals surface area contributed by atoms with Crippen LogP contribution in [0.4, 0.5) is 0 Å². The Morgan fingerprint density at radius 2 is 2.20 bits per heavy atom. The van der Waals surface area contributed by atoms with Gasteiger partial charge in [-0.05, 0) is 25.3 Å². The molecule has 7 nitrogen and oxygen atoms in total. The van der Waals surface area contributed by atoms with Crippen molar-refractivity contribution in [1.29, 1.82) is 0 Å². The molecular formula is C12H20O7S. The summed E-state index contributed by atoms with van der Waals surface area (Å²) in [6, 6.07) is 0. The fraction of sp³-hybridized carbons (Fsp3) is 0.833. The summed E-state index contributed by atoms with van der Waals surface area (Å²) >= 11 is 0. The van der Waals surface area contributed by atoms with Crippen LogP contribution >= 0.6 is 0 Å². The number of aliphatic hydroxyl groups excluding tert-OH is 1. The fourth-order valence-corrected chi connectivity index (χ4v) is 2.77. The molecule has 0 radical (unpaired) electrons. The minimum atomic E-state index is -3.69. The zero-order valence-corrected chi connectivity index (χ0v) is 12.1. The molecule has 2 rings (SSSR count). The van der Waals surface area contributed by atoms with Crippen molar-refractivity contribution in [2.75, 3.05) is 19.5 Å². The van der Waals surface area contributed by atoms with Crippen LogP contribution in [0.1, 0.15) is 19.3 Å². The first-order valence-electron chi connectivity index (χ1n) is 6.57. The first kappa shape index (κ1) is 15.7. The van der Waals surface area contributed by atoms with Crippen LogP contribution in [0.3, 0.4) is 0 Å². The number of ether oxygens (including phenoxy) is 3. The lowest BCUT2D eigenvalue weighted by Gasteiger charge is -2.32. The maximum Gasteiger partial charge on any atom is 0.264 e. The summed E-state index contributed by atoms with van der Waals surface area (Å²) in [6.45, 7) is 0.744. The molecule has 0 aliphatic carbocycles. The Hall–Kier alpha value is -0.670. The minimum Gasteiger partial charge on any atom is -0.493 e. The molecule has 8 heteroatoms. The first-order chi connectivity index (χ1) is 9.46. The average Bonchev–Trinajstić information content (AvgIpc) is 2.39. The van der Waals surface area contributed by atoms with E-state index in [2.05, 4.69) is 0 Å². The Labute approximate surface area is 118 Å². The smallest absolute Gasteiger partial charge is 0.264 e. The normalized spacial score (nSPS) is 34.7. The third kappa shape index (κ3) is 4.71. The SMILES string of the molecule is CS(=O)(=O)O[C@H]1[C@H](O)C=CO[C@@H]1CO[C@H]1CCCCO1. The Balaban J connectivity index is 1.91. The van der Waals surface area contributed by atoms with Gasteiger partial charge in [-0.3, -0.25) is 4.18 Å². The van der Waals surface area contributed by atoms with Gasteiger partial charge in [-0.25, -0.2) is 0 Å². The Kier molecular flexibility index (Phi) is 5.39. The van der Waals surface area contributed by atoms with Gasteiger partial charge in [0.25, 0.3) is 10.1 Å². The lowest BCUT2D eigenvalue weighted by molar-refractivity contribution is -0.187. The molecule has 0 unspecified atom stereocenters. The molecule has 4 atom stereocenters. The largest absolute Gasteiger partial charge is 0.493 e. The summed E-state index contributed by atoms with van der Waals surface area (Å²) < 4.78 is 43.6. The number of aliphatic hydroxyl groups is 1. The van der Waals surface area contributed by atoms with Gasteiger partial charge >= 0.3 is 0 Å². The van der Waals surface area contributed by atoms with Crippen molar-refractivity contribution in [2.24, 2.45) is 0 Å². The molecule has 20 heavy (non-hydrogen) atoms. The summed E-state index contributed by atoms with van der Waals surface area (Å²) in [4.78, 5) is 0. The zero-order valence-electron chi connectivity index (χ0n) is 11.3. The maximum absolute atomic E-state index is 11.2. The van der Waals surface area contributed by atoms with Crippen molar-refractivity contribution in [1.82, 2.24) is 0 Å². The van der Waals surface area contributed by atoms with Gasteiger partial charge in [0.2, 0.25) is 0 Å². The van der Waals surface area contributed by atoms with Crippen LogP contribution < -0.4 is 0 Å². The molecule has 0 aromatic rings. The predicted molar refractivity (Wildman–Crippen MR) is 69.3 cm³/mol. The Bertz CT molecular complexity index is 427. The van der Waals surface area contributed by atoms with Crippen molar-refractivity contribution < 1.29 is 31.9 Å². The summed E-state index contributed by atoms with van der Waals surface area (Å²) in [5.74, 6) is 0. The van der Waals surface area contributed by atoms with Gasteiger partial charge in [-0.2, -0.15) is 8.42 Å². The first-order valence-corrected chi connectivity index (χ1v) is 8.39. The highest BCUT2D eigenvalue weighted by Crippen LogP contribution is 2.20. The lowest BCUT2D eigenvalue weighted by Crippen LogP contribution is -2.46. The Morgan fingerprint density at radius 3 is 2.85 bits per heavy atom. The standard InChI is InChI=1S/C12H20O7S/c1-20(14,15)19-12-9(13)5-7-16-10(12)8-18-11-4-2-3-6-17-11/h5,7,9-13H,2-4,6,8H2,1H3/t9-,10-,11+,12+/m1/s1. The third-order valence-electron chi connectivity index (χ3n) is 3.10. The fourth-order valence-electron chi connectivity index (χ4n) is 2.13. The van der Waals surface area contributed by atoms with Gasteiger partial charge < -0.3 is 19.3 Å². The second-order valence-electron chi connectivity index (χ2n) is 4.89. The quantitative estimate of drug-likeness (QED) is 0.723. The molecule has 0 bridgehead atoms. The van der Waals surface area contributed by atoms with Crippen LogP contribution in [0.25, 0.3) is 0 Å². The van der Waals surface area contributed by atoms with Crippen molar-refractivity contribution in [2.45, 2.75) is 43.9 Å². The predicted octanol–water partition coefficient (Wildman–Crippen LogP) is 0.148. The van der Waals surface area contributed by atoms with Gasteiger partial charge in [0.15, 0.2) is 12.4 Å². The van der Waals surface area contributed by atoms with Crippen molar-refractivity contribution in [3.63, 3.8) is 0 Å². The molecule has 0 aromatic heterocycles. The minimum absolute atomic E-state index is 0.0895. The zero-order chi connectivity index (χ0) is 14.6. The van der Waals surface area contributed by atoms with E-state index in [0.717, 1.165) is 25.5 Å². The van der Waals surface area contributed by atoms with Crippen molar-refractivity contribution in [3.8, 4) is 0 Å². The number of hydrogen-bond acceptors (Lipinski definition) is 7. The van der Waals surface area contributed by atoms with Crippen LogP contribution in [0, 0.1) is 0 Å². The van der Waals surface area contributed by atoms with Crippen molar-refractivity contribution >= 4 is 10.1 Å². The molecule has 116 valence electrons. The number of rotatable bonds is 5. The highest BCUT2D eigenvalue weighted by Gasteiger charge is 2.35. The van der Waals surface area contributed by atoms with Crippen molar-refractivity contribution in [3.05, 3.63) is 12.3 Å². The van der Waals surface area contributed by atoms with E-state index in [1.807, 2.05) is 0 Å². The molecule has 2 heterocycles. The molecule has 2 aliphatic heterocycles. The van der Waals surface area contributed by atoms with Crippen LogP contribution in [0.15, 0.2) is 12.3 Å². The van der Waals surface area contributed by atoms with E-state index in [4.69, 9.17) is 18.4 Å². The summed E-state index contributed by atoms with van der Waals surface area (Å²) in [5, 5.41) is 9.80. The van der Waals surface area contributed by atoms with Crippen LogP contribution in [0.2, 0.25) is 0 Å². The molecular weight excluding hydrogens is 288 g/mol. The molecule has 0 spiro atoms. The topological polar surface area (TPSA) is 91.3 Å². The van der Waals surface area contributed by atoms with E-state index in [1.54, 1.807) is 0 Å². The van der Waals surface area contributed by atoms with E-state index < -0.39 is 28.4 Å².